The summed E-state index contributed by atoms with van der Waals surface area (Å²) in [5, 5.41) is 13.2. The zero-order valence-corrected chi connectivity index (χ0v) is 22.6. The maximum absolute atomic E-state index is 12.4. The molecular formula is C29H45NO4S. The molecule has 2 heterocycles. The second-order valence-corrected chi connectivity index (χ2v) is 14.4. The number of rotatable bonds is 5. The minimum atomic E-state index is -0.592. The van der Waals surface area contributed by atoms with Crippen molar-refractivity contribution in [2.45, 2.75) is 82.5 Å². The average Bonchev–Trinajstić information content (AvgIpc) is 3.40. The standard InChI is InChI=1S/C29H45NO4S/c1-27-8-5-22(35-16-13-30-11-14-33-15-12-30)18-21(27)3-4-25-24(27)6-9-28(2)23(7-10-29(25,28)32)20-17-26(31)34-19-20/h17,21-25,32H,3-16,18-19H2,1-2H3/t21-,22+,23-,24+,25-,27+,28-,29+/m1/s1. The first-order chi connectivity index (χ1) is 16.8. The Labute approximate surface area is 215 Å². The summed E-state index contributed by atoms with van der Waals surface area (Å²) in [6.45, 7) is 10.6. The molecule has 0 radical (unpaired) electrons. The van der Waals surface area contributed by atoms with Gasteiger partial charge in [-0.1, -0.05) is 13.8 Å². The molecule has 0 aromatic rings. The Morgan fingerprint density at radius 1 is 1.06 bits per heavy atom. The summed E-state index contributed by atoms with van der Waals surface area (Å²) in [6, 6.07) is 0. The molecule has 0 spiro atoms. The van der Waals surface area contributed by atoms with E-state index in [1.165, 1.54) is 50.8 Å². The molecule has 35 heavy (non-hydrogen) atoms. The first kappa shape index (κ1) is 24.8. The minimum Gasteiger partial charge on any atom is -0.458 e. The normalized spacial score (nSPS) is 48.0. The van der Waals surface area contributed by atoms with Crippen LogP contribution < -0.4 is 0 Å². The number of cyclic esters (lactones) is 1. The van der Waals surface area contributed by atoms with Crippen LogP contribution in [0.4, 0.5) is 0 Å². The fourth-order valence-electron chi connectivity index (χ4n) is 9.70. The van der Waals surface area contributed by atoms with Crippen molar-refractivity contribution >= 4 is 17.7 Å². The van der Waals surface area contributed by atoms with E-state index in [4.69, 9.17) is 9.47 Å². The van der Waals surface area contributed by atoms with Crippen molar-refractivity contribution in [3.05, 3.63) is 11.6 Å². The van der Waals surface area contributed by atoms with Crippen LogP contribution in [0.1, 0.15) is 71.6 Å². The summed E-state index contributed by atoms with van der Waals surface area (Å²) >= 11 is 2.23. The van der Waals surface area contributed by atoms with Gasteiger partial charge in [-0.25, -0.2) is 4.79 Å². The van der Waals surface area contributed by atoms with Gasteiger partial charge in [0.2, 0.25) is 0 Å². The third-order valence-corrected chi connectivity index (χ3v) is 13.1. The number of aliphatic hydroxyl groups is 1. The van der Waals surface area contributed by atoms with Gasteiger partial charge in [0.1, 0.15) is 6.61 Å². The van der Waals surface area contributed by atoms with Gasteiger partial charge < -0.3 is 14.6 Å². The highest BCUT2D eigenvalue weighted by molar-refractivity contribution is 7.99. The summed E-state index contributed by atoms with van der Waals surface area (Å²) in [5.74, 6) is 3.22. The molecule has 1 saturated heterocycles. The number of fused-ring (bicyclic) bond motifs is 5. The zero-order valence-electron chi connectivity index (χ0n) is 21.8. The summed E-state index contributed by atoms with van der Waals surface area (Å²) in [6.07, 6.45) is 12.5. The van der Waals surface area contributed by atoms with Gasteiger partial charge >= 0.3 is 5.97 Å². The predicted molar refractivity (Wildman–Crippen MR) is 139 cm³/mol. The van der Waals surface area contributed by atoms with E-state index in [0.717, 1.165) is 62.3 Å². The highest BCUT2D eigenvalue weighted by atomic mass is 32.2. The minimum absolute atomic E-state index is 0.121. The topological polar surface area (TPSA) is 59.0 Å². The zero-order chi connectivity index (χ0) is 24.3. The van der Waals surface area contributed by atoms with Crippen molar-refractivity contribution in [3.63, 3.8) is 0 Å². The fourth-order valence-corrected chi connectivity index (χ4v) is 11.0. The molecule has 5 fully saturated rings. The Morgan fingerprint density at radius 2 is 1.89 bits per heavy atom. The van der Waals surface area contributed by atoms with Crippen molar-refractivity contribution in [3.8, 4) is 0 Å². The number of hydrogen-bond donors (Lipinski definition) is 1. The number of carbonyl (C=O) groups is 1. The van der Waals surface area contributed by atoms with Crippen LogP contribution in [0.2, 0.25) is 0 Å². The molecule has 8 atom stereocenters. The number of nitrogens with zero attached hydrogens (tertiary/aromatic N) is 1. The molecule has 0 bridgehead atoms. The van der Waals surface area contributed by atoms with Gasteiger partial charge in [-0.2, -0.15) is 11.8 Å². The smallest absolute Gasteiger partial charge is 0.331 e. The maximum atomic E-state index is 12.4. The van der Waals surface area contributed by atoms with E-state index in [0.29, 0.717) is 29.8 Å². The quantitative estimate of drug-likeness (QED) is 0.550. The van der Waals surface area contributed by atoms with Crippen LogP contribution >= 0.6 is 11.8 Å². The fraction of sp³-hybridized carbons (Fsp3) is 0.897. The van der Waals surface area contributed by atoms with E-state index in [2.05, 4.69) is 30.5 Å². The summed E-state index contributed by atoms with van der Waals surface area (Å²) in [5.41, 5.74) is 0.806. The molecule has 5 nitrogen and oxygen atoms in total. The molecule has 0 unspecified atom stereocenters. The van der Waals surface area contributed by atoms with Crippen LogP contribution in [0.15, 0.2) is 11.6 Å². The number of hydrogen-bond acceptors (Lipinski definition) is 6. The highest BCUT2D eigenvalue weighted by Gasteiger charge is 2.67. The first-order valence-corrected chi connectivity index (χ1v) is 15.4. The number of esters is 1. The second kappa shape index (κ2) is 9.32. The molecule has 196 valence electrons. The maximum Gasteiger partial charge on any atom is 0.331 e. The summed E-state index contributed by atoms with van der Waals surface area (Å²) in [7, 11) is 0. The Bertz CT molecular complexity index is 858. The number of ether oxygens (including phenoxy) is 2. The van der Waals surface area contributed by atoms with Crippen LogP contribution in [0.25, 0.3) is 0 Å². The highest BCUT2D eigenvalue weighted by Crippen LogP contribution is 2.70. The van der Waals surface area contributed by atoms with E-state index in [9.17, 15) is 9.90 Å². The molecule has 6 rings (SSSR count). The van der Waals surface area contributed by atoms with Crippen LogP contribution in [0, 0.1) is 34.5 Å². The molecule has 4 saturated carbocycles. The van der Waals surface area contributed by atoms with E-state index in [1.807, 2.05) is 0 Å². The number of morpholine rings is 1. The van der Waals surface area contributed by atoms with Crippen molar-refractivity contribution in [2.75, 3.05) is 45.2 Å². The second-order valence-electron chi connectivity index (χ2n) is 13.0. The lowest BCUT2D eigenvalue weighted by molar-refractivity contribution is -0.203. The van der Waals surface area contributed by atoms with E-state index < -0.39 is 5.60 Å². The molecule has 0 aromatic heterocycles. The lowest BCUT2D eigenvalue weighted by atomic mass is 9.43. The Kier molecular flexibility index (Phi) is 6.59. The van der Waals surface area contributed by atoms with Gasteiger partial charge in [-0.05, 0) is 92.4 Å². The van der Waals surface area contributed by atoms with Crippen LogP contribution in [0.5, 0.6) is 0 Å². The first-order valence-electron chi connectivity index (χ1n) is 14.3. The monoisotopic (exact) mass is 503 g/mol. The van der Waals surface area contributed by atoms with Crippen molar-refractivity contribution in [1.29, 1.82) is 0 Å². The molecular weight excluding hydrogens is 458 g/mol. The van der Waals surface area contributed by atoms with Gasteiger partial charge in [0.25, 0.3) is 0 Å². The predicted octanol–water partition coefficient (Wildman–Crippen LogP) is 4.68. The number of carbonyl (C=O) groups excluding carboxylic acids is 1. The van der Waals surface area contributed by atoms with E-state index >= 15 is 0 Å². The van der Waals surface area contributed by atoms with Gasteiger partial charge in [-0.3, -0.25) is 4.90 Å². The Morgan fingerprint density at radius 3 is 2.66 bits per heavy atom. The molecule has 4 aliphatic carbocycles. The molecule has 2 aliphatic heterocycles. The third-order valence-electron chi connectivity index (χ3n) is 11.8. The number of thioether (sulfide) groups is 1. The molecule has 6 heteroatoms. The third kappa shape index (κ3) is 4.04. The SMILES string of the molecule is C[C@]12CC[C@H](SCCN3CCOCC3)C[C@H]1CC[C@@H]1[C@@H]2CC[C@]2(C)[C@@H](C3=CC(=O)OC3)CC[C@]12O. The van der Waals surface area contributed by atoms with E-state index in [-0.39, 0.29) is 11.4 Å². The molecule has 6 aliphatic rings. The lowest BCUT2D eigenvalue weighted by Gasteiger charge is -2.64. The molecule has 1 N–H and O–H groups in total. The van der Waals surface area contributed by atoms with Gasteiger partial charge in [0.15, 0.2) is 0 Å². The van der Waals surface area contributed by atoms with Crippen LogP contribution in [0.3, 0.4) is 0 Å². The lowest BCUT2D eigenvalue weighted by Crippen LogP contribution is -2.62. The Hall–Kier alpha value is -0.560. The van der Waals surface area contributed by atoms with Crippen molar-refractivity contribution < 1.29 is 19.4 Å². The average molecular weight is 504 g/mol. The van der Waals surface area contributed by atoms with Crippen LogP contribution in [-0.2, 0) is 14.3 Å². The van der Waals surface area contributed by atoms with Gasteiger partial charge in [0.05, 0.1) is 18.8 Å². The Balaban J connectivity index is 1.11. The van der Waals surface area contributed by atoms with Gasteiger partial charge in [0, 0.05) is 42.1 Å². The van der Waals surface area contributed by atoms with Crippen molar-refractivity contribution in [2.24, 2.45) is 34.5 Å². The van der Waals surface area contributed by atoms with E-state index in [1.54, 1.807) is 6.08 Å². The molecule has 0 amide bonds. The summed E-state index contributed by atoms with van der Waals surface area (Å²) < 4.78 is 10.8. The molecule has 0 aromatic carbocycles. The van der Waals surface area contributed by atoms with Gasteiger partial charge in [-0.15, -0.1) is 0 Å². The summed E-state index contributed by atoms with van der Waals surface area (Å²) in [4.78, 5) is 14.3. The van der Waals surface area contributed by atoms with Crippen LogP contribution in [-0.4, -0.2) is 72.0 Å². The largest absolute Gasteiger partial charge is 0.458 e. The van der Waals surface area contributed by atoms with Crippen molar-refractivity contribution in [1.82, 2.24) is 4.90 Å².